The molecule has 0 radical (unpaired) electrons. The molecule has 0 bridgehead atoms. The van der Waals surface area contributed by atoms with Crippen molar-refractivity contribution < 1.29 is 0 Å². The highest BCUT2D eigenvalue weighted by atomic mass is 15.0. The van der Waals surface area contributed by atoms with Gasteiger partial charge < -0.3 is 5.32 Å². The van der Waals surface area contributed by atoms with Crippen LogP contribution in [0.4, 0.5) is 0 Å². The van der Waals surface area contributed by atoms with Crippen LogP contribution in [0.2, 0.25) is 0 Å². The van der Waals surface area contributed by atoms with Gasteiger partial charge in [-0.1, -0.05) is 25.0 Å². The largest absolute Gasteiger partial charge is 0.310 e. The van der Waals surface area contributed by atoms with Crippen molar-refractivity contribution in [1.82, 2.24) is 5.32 Å². The first-order valence-corrected chi connectivity index (χ1v) is 5.10. The molecule has 0 aromatic heterocycles. The Labute approximate surface area is 76.2 Å². The van der Waals surface area contributed by atoms with Gasteiger partial charge in [0.2, 0.25) is 0 Å². The average molecular weight is 167 g/mol. The van der Waals surface area contributed by atoms with E-state index in [1.807, 2.05) is 0 Å². The van der Waals surface area contributed by atoms with Crippen molar-refractivity contribution in [2.75, 3.05) is 6.54 Å². The van der Waals surface area contributed by atoms with Crippen molar-refractivity contribution in [2.24, 2.45) is 5.92 Å². The third-order valence-electron chi connectivity index (χ3n) is 2.47. The summed E-state index contributed by atoms with van der Waals surface area (Å²) >= 11 is 0. The van der Waals surface area contributed by atoms with Crippen LogP contribution in [0.5, 0.6) is 0 Å². The van der Waals surface area contributed by atoms with Gasteiger partial charge in [0.05, 0.1) is 0 Å². The molecule has 1 aliphatic rings. The Morgan fingerprint density at radius 3 is 2.83 bits per heavy atom. The third kappa shape index (κ3) is 3.40. The van der Waals surface area contributed by atoms with E-state index in [0.29, 0.717) is 0 Å². The van der Waals surface area contributed by atoms with Crippen molar-refractivity contribution >= 4 is 0 Å². The molecule has 1 aliphatic carbocycles. The predicted molar refractivity (Wildman–Crippen MR) is 54.2 cm³/mol. The normalized spacial score (nSPS) is 26.9. The number of nitrogens with one attached hydrogen (secondary N) is 1. The zero-order valence-corrected chi connectivity index (χ0v) is 8.56. The van der Waals surface area contributed by atoms with Crippen molar-refractivity contribution in [3.63, 3.8) is 0 Å². The summed E-state index contributed by atoms with van der Waals surface area (Å²) in [5.74, 6) is 0.987. The van der Waals surface area contributed by atoms with Crippen molar-refractivity contribution in [1.29, 1.82) is 0 Å². The van der Waals surface area contributed by atoms with Gasteiger partial charge in [0.15, 0.2) is 0 Å². The first-order valence-electron chi connectivity index (χ1n) is 5.10. The summed E-state index contributed by atoms with van der Waals surface area (Å²) in [7, 11) is 0. The maximum Gasteiger partial charge on any atom is 0.0140 e. The molecule has 2 atom stereocenters. The van der Waals surface area contributed by atoms with E-state index < -0.39 is 0 Å². The number of hydrogen-bond acceptors (Lipinski definition) is 1. The second kappa shape index (κ2) is 4.66. The Hall–Kier alpha value is -0.300. The first-order chi connectivity index (χ1) is 5.74. The molecular weight excluding hydrogens is 146 g/mol. The molecule has 12 heavy (non-hydrogen) atoms. The maximum absolute atomic E-state index is 3.55. The maximum atomic E-state index is 3.55. The van der Waals surface area contributed by atoms with Gasteiger partial charge in [-0.2, -0.15) is 0 Å². The van der Waals surface area contributed by atoms with Crippen LogP contribution in [0.3, 0.4) is 0 Å². The lowest BCUT2D eigenvalue weighted by atomic mass is 10.2. The Bertz CT molecular complexity index is 156. The van der Waals surface area contributed by atoms with Gasteiger partial charge in [-0.15, -0.1) is 0 Å². The molecule has 1 saturated carbocycles. The highest BCUT2D eigenvalue weighted by Gasteiger charge is 2.34. The van der Waals surface area contributed by atoms with Crippen LogP contribution in [0.1, 0.15) is 40.0 Å². The van der Waals surface area contributed by atoms with Crippen LogP contribution in [-0.4, -0.2) is 12.6 Å². The summed E-state index contributed by atoms with van der Waals surface area (Å²) in [4.78, 5) is 0. The molecule has 1 N–H and O–H groups in total. The zero-order chi connectivity index (χ0) is 8.97. The predicted octanol–water partition coefficient (Wildman–Crippen LogP) is 2.73. The van der Waals surface area contributed by atoms with Crippen LogP contribution >= 0.6 is 0 Å². The lowest BCUT2D eigenvalue weighted by Gasteiger charge is -1.99. The summed E-state index contributed by atoms with van der Waals surface area (Å²) in [5, 5.41) is 3.55. The molecule has 0 aromatic carbocycles. The van der Waals surface area contributed by atoms with Gasteiger partial charge in [-0.3, -0.25) is 0 Å². The summed E-state index contributed by atoms with van der Waals surface area (Å²) in [6, 6.07) is 0.834. The first kappa shape index (κ1) is 9.79. The quantitative estimate of drug-likeness (QED) is 0.621. The van der Waals surface area contributed by atoms with Crippen molar-refractivity contribution in [3.8, 4) is 0 Å². The lowest BCUT2D eigenvalue weighted by Crippen LogP contribution is -2.18. The van der Waals surface area contributed by atoms with Gasteiger partial charge in [0, 0.05) is 12.6 Å². The van der Waals surface area contributed by atoms with Crippen LogP contribution in [0, 0.1) is 5.92 Å². The SMILES string of the molecule is CCCC1CC1NCC=C(C)C. The Morgan fingerprint density at radius 2 is 2.25 bits per heavy atom. The number of hydrogen-bond donors (Lipinski definition) is 1. The summed E-state index contributed by atoms with van der Waals surface area (Å²) in [6.45, 7) is 7.63. The number of allylic oxidation sites excluding steroid dienone is 1. The van der Waals surface area contributed by atoms with E-state index in [1.54, 1.807) is 0 Å². The van der Waals surface area contributed by atoms with E-state index in [9.17, 15) is 0 Å². The molecule has 1 rings (SSSR count). The smallest absolute Gasteiger partial charge is 0.0140 e. The van der Waals surface area contributed by atoms with Gasteiger partial charge in [0.1, 0.15) is 0 Å². The molecule has 1 fully saturated rings. The average Bonchev–Trinajstić information content (AvgIpc) is 2.68. The summed E-state index contributed by atoms with van der Waals surface area (Å²) in [5.41, 5.74) is 1.41. The third-order valence-corrected chi connectivity index (χ3v) is 2.47. The molecule has 0 spiro atoms. The van der Waals surface area contributed by atoms with Gasteiger partial charge in [-0.25, -0.2) is 0 Å². The Kier molecular flexibility index (Phi) is 3.80. The molecule has 0 amide bonds. The topological polar surface area (TPSA) is 12.0 Å². The van der Waals surface area contributed by atoms with Gasteiger partial charge in [-0.05, 0) is 32.6 Å². The monoisotopic (exact) mass is 167 g/mol. The van der Waals surface area contributed by atoms with Crippen molar-refractivity contribution in [2.45, 2.75) is 46.1 Å². The van der Waals surface area contributed by atoms with Gasteiger partial charge in [0.25, 0.3) is 0 Å². The van der Waals surface area contributed by atoms with Crippen LogP contribution < -0.4 is 5.32 Å². The molecular formula is C11H21N. The van der Waals surface area contributed by atoms with E-state index in [0.717, 1.165) is 18.5 Å². The standard InChI is InChI=1S/C11H21N/c1-4-5-10-8-11(10)12-7-6-9(2)3/h6,10-12H,4-5,7-8H2,1-3H3. The highest BCUT2D eigenvalue weighted by Crippen LogP contribution is 2.34. The Balaban J connectivity index is 2.00. The Morgan fingerprint density at radius 1 is 1.50 bits per heavy atom. The lowest BCUT2D eigenvalue weighted by molar-refractivity contribution is 0.625. The van der Waals surface area contributed by atoms with E-state index in [1.165, 1.54) is 24.8 Å². The van der Waals surface area contributed by atoms with E-state index in [-0.39, 0.29) is 0 Å². The minimum Gasteiger partial charge on any atom is -0.310 e. The molecule has 0 saturated heterocycles. The second-order valence-electron chi connectivity index (χ2n) is 4.08. The number of rotatable bonds is 5. The summed E-state index contributed by atoms with van der Waals surface area (Å²) < 4.78 is 0. The molecule has 1 heteroatoms. The van der Waals surface area contributed by atoms with Crippen LogP contribution in [0.25, 0.3) is 0 Å². The van der Waals surface area contributed by atoms with Crippen LogP contribution in [0.15, 0.2) is 11.6 Å². The van der Waals surface area contributed by atoms with E-state index in [4.69, 9.17) is 0 Å². The minimum absolute atomic E-state index is 0.834. The fraction of sp³-hybridized carbons (Fsp3) is 0.818. The fourth-order valence-corrected chi connectivity index (χ4v) is 1.60. The second-order valence-corrected chi connectivity index (χ2v) is 4.08. The summed E-state index contributed by atoms with van der Waals surface area (Å²) in [6.07, 6.45) is 6.42. The van der Waals surface area contributed by atoms with Gasteiger partial charge >= 0.3 is 0 Å². The van der Waals surface area contributed by atoms with Crippen molar-refractivity contribution in [3.05, 3.63) is 11.6 Å². The molecule has 1 nitrogen and oxygen atoms in total. The van der Waals surface area contributed by atoms with Crippen LogP contribution in [-0.2, 0) is 0 Å². The molecule has 2 unspecified atom stereocenters. The van der Waals surface area contributed by atoms with E-state index >= 15 is 0 Å². The molecule has 0 heterocycles. The highest BCUT2D eigenvalue weighted by molar-refractivity contribution is 4.98. The molecule has 70 valence electrons. The minimum atomic E-state index is 0.834. The molecule has 0 aliphatic heterocycles. The zero-order valence-electron chi connectivity index (χ0n) is 8.56. The molecule has 0 aromatic rings. The van der Waals surface area contributed by atoms with E-state index in [2.05, 4.69) is 32.2 Å². The fourth-order valence-electron chi connectivity index (χ4n) is 1.60.